The van der Waals surface area contributed by atoms with Crippen molar-refractivity contribution in [2.75, 3.05) is 0 Å². The van der Waals surface area contributed by atoms with Gasteiger partial charge in [0, 0.05) is 6.08 Å². The number of carbonyl (C=O) groups is 1. The fourth-order valence-corrected chi connectivity index (χ4v) is 4.57. The molecule has 0 aromatic heterocycles. The van der Waals surface area contributed by atoms with Crippen LogP contribution in [0.4, 0.5) is 0 Å². The Morgan fingerprint density at radius 1 is 0.870 bits per heavy atom. The molecule has 0 spiro atoms. The molecule has 0 bridgehead atoms. The van der Waals surface area contributed by atoms with Gasteiger partial charge in [0.1, 0.15) is 6.10 Å². The maximum atomic E-state index is 11.5. The first kappa shape index (κ1) is 18.5. The summed E-state index contributed by atoms with van der Waals surface area (Å²) in [5.74, 6) is 2.73. The van der Waals surface area contributed by atoms with Crippen LogP contribution >= 0.6 is 0 Å². The quantitative estimate of drug-likeness (QED) is 0.421. The molecule has 0 heterocycles. The molecule has 0 aliphatic heterocycles. The average Bonchev–Trinajstić information content (AvgIpc) is 2.56. The SMILES string of the molecule is C/C=C/C(=O)OC1CCC(CCC2CCC(CCC)CC2)CC1. The lowest BCUT2D eigenvalue weighted by Gasteiger charge is -2.31. The van der Waals surface area contributed by atoms with E-state index < -0.39 is 0 Å². The molecule has 0 aromatic rings. The summed E-state index contributed by atoms with van der Waals surface area (Å²) in [7, 11) is 0. The summed E-state index contributed by atoms with van der Waals surface area (Å²) in [6.45, 7) is 4.17. The molecule has 2 heteroatoms. The lowest BCUT2D eigenvalue weighted by molar-refractivity contribution is -0.144. The molecule has 0 atom stereocenters. The smallest absolute Gasteiger partial charge is 0.330 e. The van der Waals surface area contributed by atoms with Crippen LogP contribution in [0.15, 0.2) is 12.2 Å². The lowest BCUT2D eigenvalue weighted by Crippen LogP contribution is -2.24. The minimum Gasteiger partial charge on any atom is -0.459 e. The molecular weight excluding hydrogens is 284 g/mol. The predicted molar refractivity (Wildman–Crippen MR) is 96.2 cm³/mol. The van der Waals surface area contributed by atoms with Gasteiger partial charge in [-0.2, -0.15) is 0 Å². The Kier molecular flexibility index (Phi) is 8.19. The van der Waals surface area contributed by atoms with Crippen molar-refractivity contribution in [1.29, 1.82) is 0 Å². The first-order chi connectivity index (χ1) is 11.2. The van der Waals surface area contributed by atoms with Crippen molar-refractivity contribution in [2.45, 2.75) is 97.0 Å². The van der Waals surface area contributed by atoms with Crippen LogP contribution in [0.3, 0.4) is 0 Å². The third kappa shape index (κ3) is 6.69. The molecule has 2 saturated carbocycles. The number of hydrogen-bond acceptors (Lipinski definition) is 2. The molecule has 2 rings (SSSR count). The van der Waals surface area contributed by atoms with Gasteiger partial charge in [0.05, 0.1) is 0 Å². The van der Waals surface area contributed by atoms with Gasteiger partial charge < -0.3 is 4.74 Å². The van der Waals surface area contributed by atoms with Crippen LogP contribution in [0.5, 0.6) is 0 Å². The van der Waals surface area contributed by atoms with E-state index in [4.69, 9.17) is 4.74 Å². The minimum absolute atomic E-state index is 0.166. The second kappa shape index (κ2) is 10.2. The van der Waals surface area contributed by atoms with Crippen LogP contribution < -0.4 is 0 Å². The summed E-state index contributed by atoms with van der Waals surface area (Å²) in [5, 5.41) is 0. The molecule has 0 aromatic carbocycles. The first-order valence-corrected chi connectivity index (χ1v) is 10.0. The van der Waals surface area contributed by atoms with Gasteiger partial charge in [0.15, 0.2) is 0 Å². The standard InChI is InChI=1S/C21H36O2/c1-3-5-17-7-9-18(10-8-17)11-12-19-13-15-20(16-14-19)23-21(22)6-4-2/h4,6,17-20H,3,5,7-16H2,1-2H3/b6-4+. The van der Waals surface area contributed by atoms with Crippen molar-refractivity contribution in [2.24, 2.45) is 17.8 Å². The molecule has 2 fully saturated rings. The Balaban J connectivity index is 1.57. The molecule has 0 unspecified atom stereocenters. The highest BCUT2D eigenvalue weighted by Crippen LogP contribution is 2.36. The van der Waals surface area contributed by atoms with Crippen LogP contribution in [-0.2, 0) is 9.53 Å². The van der Waals surface area contributed by atoms with Gasteiger partial charge in [-0.15, -0.1) is 0 Å². The van der Waals surface area contributed by atoms with E-state index in [1.165, 1.54) is 70.3 Å². The zero-order valence-corrected chi connectivity index (χ0v) is 15.3. The van der Waals surface area contributed by atoms with Crippen molar-refractivity contribution in [1.82, 2.24) is 0 Å². The number of carbonyl (C=O) groups excluding carboxylic acids is 1. The van der Waals surface area contributed by atoms with Crippen molar-refractivity contribution < 1.29 is 9.53 Å². The molecule has 0 saturated heterocycles. The van der Waals surface area contributed by atoms with Gasteiger partial charge >= 0.3 is 5.97 Å². The van der Waals surface area contributed by atoms with Gasteiger partial charge in [-0.3, -0.25) is 0 Å². The normalized spacial score (nSPS) is 32.1. The van der Waals surface area contributed by atoms with E-state index in [-0.39, 0.29) is 12.1 Å². The third-order valence-corrected chi connectivity index (χ3v) is 6.03. The highest BCUT2D eigenvalue weighted by molar-refractivity contribution is 5.81. The molecule has 0 amide bonds. The van der Waals surface area contributed by atoms with E-state index >= 15 is 0 Å². The fourth-order valence-electron chi connectivity index (χ4n) is 4.57. The molecule has 0 radical (unpaired) electrons. The highest BCUT2D eigenvalue weighted by Gasteiger charge is 2.25. The molecule has 132 valence electrons. The van der Waals surface area contributed by atoms with E-state index in [0.717, 1.165) is 30.6 Å². The van der Waals surface area contributed by atoms with Gasteiger partial charge in [-0.1, -0.05) is 64.4 Å². The Labute approximate surface area is 143 Å². The second-order valence-corrected chi connectivity index (χ2v) is 7.83. The summed E-state index contributed by atoms with van der Waals surface area (Å²) in [6.07, 6.45) is 19.6. The lowest BCUT2D eigenvalue weighted by atomic mass is 9.76. The minimum atomic E-state index is -0.167. The van der Waals surface area contributed by atoms with Crippen LogP contribution in [0.2, 0.25) is 0 Å². The summed E-state index contributed by atoms with van der Waals surface area (Å²) < 4.78 is 5.48. The van der Waals surface area contributed by atoms with Crippen LogP contribution in [0.25, 0.3) is 0 Å². The molecular formula is C21H36O2. The second-order valence-electron chi connectivity index (χ2n) is 7.83. The topological polar surface area (TPSA) is 26.3 Å². The van der Waals surface area contributed by atoms with E-state index in [9.17, 15) is 4.79 Å². The molecule has 0 N–H and O–H groups in total. The van der Waals surface area contributed by atoms with Crippen molar-refractivity contribution in [3.8, 4) is 0 Å². The van der Waals surface area contributed by atoms with E-state index in [0.29, 0.717) is 0 Å². The molecule has 2 aliphatic carbocycles. The van der Waals surface area contributed by atoms with Gasteiger partial charge in [0.25, 0.3) is 0 Å². The van der Waals surface area contributed by atoms with E-state index in [1.807, 2.05) is 6.92 Å². The molecule has 2 aliphatic rings. The predicted octanol–water partition coefficient (Wildman–Crippen LogP) is 6.05. The summed E-state index contributed by atoms with van der Waals surface area (Å²) in [5.41, 5.74) is 0. The number of esters is 1. The van der Waals surface area contributed by atoms with E-state index in [1.54, 1.807) is 6.08 Å². The Bertz CT molecular complexity index is 358. The summed E-state index contributed by atoms with van der Waals surface area (Å²) in [4.78, 5) is 11.5. The van der Waals surface area contributed by atoms with Crippen molar-refractivity contribution >= 4 is 5.97 Å². The number of hydrogen-bond donors (Lipinski definition) is 0. The Morgan fingerprint density at radius 2 is 1.35 bits per heavy atom. The van der Waals surface area contributed by atoms with Crippen LogP contribution in [0, 0.1) is 17.8 Å². The molecule has 2 nitrogen and oxygen atoms in total. The third-order valence-electron chi connectivity index (χ3n) is 6.03. The van der Waals surface area contributed by atoms with Crippen LogP contribution in [0.1, 0.15) is 90.9 Å². The van der Waals surface area contributed by atoms with Gasteiger partial charge in [0.2, 0.25) is 0 Å². The fraction of sp³-hybridized carbons (Fsp3) is 0.857. The zero-order chi connectivity index (χ0) is 16.5. The summed E-state index contributed by atoms with van der Waals surface area (Å²) >= 11 is 0. The van der Waals surface area contributed by atoms with Gasteiger partial charge in [-0.25, -0.2) is 4.79 Å². The monoisotopic (exact) mass is 320 g/mol. The Hall–Kier alpha value is -0.790. The molecule has 23 heavy (non-hydrogen) atoms. The maximum Gasteiger partial charge on any atom is 0.330 e. The average molecular weight is 321 g/mol. The zero-order valence-electron chi connectivity index (χ0n) is 15.3. The summed E-state index contributed by atoms with van der Waals surface area (Å²) in [6, 6.07) is 0. The van der Waals surface area contributed by atoms with Crippen LogP contribution in [-0.4, -0.2) is 12.1 Å². The number of rotatable bonds is 7. The maximum absolute atomic E-state index is 11.5. The largest absolute Gasteiger partial charge is 0.459 e. The van der Waals surface area contributed by atoms with Crippen molar-refractivity contribution in [3.05, 3.63) is 12.2 Å². The highest BCUT2D eigenvalue weighted by atomic mass is 16.5. The number of ether oxygens (including phenoxy) is 1. The first-order valence-electron chi connectivity index (χ1n) is 10.0. The van der Waals surface area contributed by atoms with Gasteiger partial charge in [-0.05, 0) is 50.4 Å². The van der Waals surface area contributed by atoms with Crippen molar-refractivity contribution in [3.63, 3.8) is 0 Å². The Morgan fingerprint density at radius 3 is 1.83 bits per heavy atom. The van der Waals surface area contributed by atoms with E-state index in [2.05, 4.69) is 6.92 Å². The number of allylic oxidation sites excluding steroid dienone is 1.